The molecule has 0 unspecified atom stereocenters. The minimum atomic E-state index is -0.978. The second kappa shape index (κ2) is 6.09. The summed E-state index contributed by atoms with van der Waals surface area (Å²) in [6.07, 6.45) is 3.93. The summed E-state index contributed by atoms with van der Waals surface area (Å²) in [5, 5.41) is 20.2. The number of aryl methyl sites for hydroxylation is 2. The van der Waals surface area contributed by atoms with Gasteiger partial charge in [0.1, 0.15) is 22.9 Å². The van der Waals surface area contributed by atoms with Gasteiger partial charge in [0.05, 0.1) is 0 Å². The van der Waals surface area contributed by atoms with Crippen molar-refractivity contribution in [3.63, 3.8) is 0 Å². The number of phenolic OH excluding ortho intramolecular Hbond substituents is 1. The molecule has 3 aromatic rings. The van der Waals surface area contributed by atoms with Gasteiger partial charge in [-0.2, -0.15) is 0 Å². The largest absolute Gasteiger partial charge is 0.508 e. The maximum Gasteiger partial charge on any atom is 0.352 e. The topological polar surface area (TPSA) is 82.6 Å². The van der Waals surface area contributed by atoms with Crippen LogP contribution >= 0.6 is 0 Å². The number of aromatic hydroxyl groups is 1. The van der Waals surface area contributed by atoms with Crippen LogP contribution in [-0.4, -0.2) is 21.2 Å². The van der Waals surface area contributed by atoms with Crippen molar-refractivity contribution in [2.45, 2.75) is 39.5 Å². The van der Waals surface area contributed by atoms with Crippen molar-refractivity contribution in [2.24, 2.45) is 0 Å². The first-order chi connectivity index (χ1) is 12.5. The molecule has 0 amide bonds. The number of carboxylic acids is 1. The predicted octanol–water partition coefficient (Wildman–Crippen LogP) is 4.86. The zero-order valence-electron chi connectivity index (χ0n) is 14.8. The Kier molecular flexibility index (Phi) is 3.87. The molecule has 0 saturated heterocycles. The SMILES string of the molecule is Cc1cc2[nH]c(C(=O)O)cc2c(C)c1Oc1ccc(O)c2c1CCCC2. The lowest BCUT2D eigenvalue weighted by Gasteiger charge is -2.22. The second-order valence-electron chi connectivity index (χ2n) is 6.95. The van der Waals surface area contributed by atoms with Crippen molar-refractivity contribution in [2.75, 3.05) is 0 Å². The second-order valence-corrected chi connectivity index (χ2v) is 6.95. The summed E-state index contributed by atoms with van der Waals surface area (Å²) in [5.74, 6) is 0.880. The molecular formula is C21H21NO4. The highest BCUT2D eigenvalue weighted by molar-refractivity contribution is 5.96. The van der Waals surface area contributed by atoms with Gasteiger partial charge in [-0.05, 0) is 69.4 Å². The molecule has 1 aliphatic carbocycles. The van der Waals surface area contributed by atoms with Gasteiger partial charge < -0.3 is 19.9 Å². The van der Waals surface area contributed by atoms with Crippen LogP contribution in [0.2, 0.25) is 0 Å². The number of rotatable bonds is 3. The fourth-order valence-electron chi connectivity index (χ4n) is 3.89. The molecule has 5 heteroatoms. The molecule has 0 aliphatic heterocycles. The Labute approximate surface area is 151 Å². The van der Waals surface area contributed by atoms with Crippen LogP contribution < -0.4 is 4.74 Å². The highest BCUT2D eigenvalue weighted by Crippen LogP contribution is 2.40. The third kappa shape index (κ3) is 2.60. The van der Waals surface area contributed by atoms with Crippen molar-refractivity contribution >= 4 is 16.9 Å². The predicted molar refractivity (Wildman–Crippen MR) is 99.6 cm³/mol. The third-order valence-electron chi connectivity index (χ3n) is 5.22. The van der Waals surface area contributed by atoms with Crippen molar-refractivity contribution < 1.29 is 19.7 Å². The zero-order chi connectivity index (χ0) is 18.4. The molecule has 5 nitrogen and oxygen atoms in total. The van der Waals surface area contributed by atoms with Gasteiger partial charge in [-0.25, -0.2) is 4.79 Å². The Balaban J connectivity index is 1.82. The normalized spacial score (nSPS) is 13.6. The van der Waals surface area contributed by atoms with Crippen molar-refractivity contribution in [1.29, 1.82) is 0 Å². The van der Waals surface area contributed by atoms with Gasteiger partial charge in [0.25, 0.3) is 0 Å². The molecule has 4 rings (SSSR count). The molecule has 0 radical (unpaired) electrons. The van der Waals surface area contributed by atoms with Crippen molar-refractivity contribution in [1.82, 2.24) is 4.98 Å². The Morgan fingerprint density at radius 2 is 1.85 bits per heavy atom. The molecule has 1 aromatic heterocycles. The van der Waals surface area contributed by atoms with E-state index in [9.17, 15) is 15.0 Å². The summed E-state index contributed by atoms with van der Waals surface area (Å²) in [4.78, 5) is 14.2. The molecule has 0 bridgehead atoms. The maximum absolute atomic E-state index is 11.2. The summed E-state index contributed by atoms with van der Waals surface area (Å²) >= 11 is 0. The lowest BCUT2D eigenvalue weighted by atomic mass is 9.90. The Bertz CT molecular complexity index is 1030. The number of aromatic carboxylic acids is 1. The molecule has 0 fully saturated rings. The van der Waals surface area contributed by atoms with Crippen LogP contribution in [0, 0.1) is 13.8 Å². The number of H-pyrrole nitrogens is 1. The number of ether oxygens (including phenoxy) is 1. The fraction of sp³-hybridized carbons (Fsp3) is 0.286. The van der Waals surface area contributed by atoms with E-state index in [1.54, 1.807) is 12.1 Å². The van der Waals surface area contributed by atoms with Gasteiger partial charge in [-0.1, -0.05) is 0 Å². The minimum absolute atomic E-state index is 0.168. The number of hydrogen-bond acceptors (Lipinski definition) is 3. The lowest BCUT2D eigenvalue weighted by Crippen LogP contribution is -2.05. The smallest absolute Gasteiger partial charge is 0.352 e. The van der Waals surface area contributed by atoms with Gasteiger partial charge in [0.2, 0.25) is 0 Å². The summed E-state index contributed by atoms with van der Waals surface area (Å²) in [6, 6.07) is 7.08. The summed E-state index contributed by atoms with van der Waals surface area (Å²) in [5.41, 5.74) is 4.86. The lowest BCUT2D eigenvalue weighted by molar-refractivity contribution is 0.0691. The van der Waals surface area contributed by atoms with Gasteiger partial charge in [0, 0.05) is 27.6 Å². The number of hydrogen-bond donors (Lipinski definition) is 3. The average Bonchev–Trinajstić information content (AvgIpc) is 3.05. The first-order valence-electron chi connectivity index (χ1n) is 8.83. The van der Waals surface area contributed by atoms with E-state index in [4.69, 9.17) is 4.74 Å². The van der Waals surface area contributed by atoms with Crippen LogP contribution in [0.4, 0.5) is 0 Å². The maximum atomic E-state index is 11.2. The first-order valence-corrected chi connectivity index (χ1v) is 8.83. The quantitative estimate of drug-likeness (QED) is 0.629. The van der Waals surface area contributed by atoms with Gasteiger partial charge in [-0.3, -0.25) is 0 Å². The molecule has 0 atom stereocenters. The highest BCUT2D eigenvalue weighted by atomic mass is 16.5. The molecule has 1 heterocycles. The third-order valence-corrected chi connectivity index (χ3v) is 5.22. The van der Waals surface area contributed by atoms with Crippen LogP contribution in [0.5, 0.6) is 17.2 Å². The van der Waals surface area contributed by atoms with E-state index < -0.39 is 5.97 Å². The molecule has 2 aromatic carbocycles. The van der Waals surface area contributed by atoms with E-state index in [0.29, 0.717) is 5.75 Å². The number of carboxylic acid groups (broad SMARTS) is 1. The zero-order valence-corrected chi connectivity index (χ0v) is 14.8. The number of nitrogens with one attached hydrogen (secondary N) is 1. The number of phenols is 1. The Morgan fingerprint density at radius 1 is 1.12 bits per heavy atom. The van der Waals surface area contributed by atoms with Crippen LogP contribution in [0.25, 0.3) is 10.9 Å². The Morgan fingerprint density at radius 3 is 2.58 bits per heavy atom. The van der Waals surface area contributed by atoms with E-state index in [-0.39, 0.29) is 5.69 Å². The van der Waals surface area contributed by atoms with E-state index in [0.717, 1.165) is 70.3 Å². The molecule has 26 heavy (non-hydrogen) atoms. The summed E-state index contributed by atoms with van der Waals surface area (Å²) in [6.45, 7) is 3.90. The van der Waals surface area contributed by atoms with Gasteiger partial charge in [0.15, 0.2) is 0 Å². The van der Waals surface area contributed by atoms with Crippen molar-refractivity contribution in [3.8, 4) is 17.2 Å². The number of benzene rings is 2. The van der Waals surface area contributed by atoms with E-state index in [2.05, 4.69) is 4.98 Å². The minimum Gasteiger partial charge on any atom is -0.508 e. The number of fused-ring (bicyclic) bond motifs is 2. The van der Waals surface area contributed by atoms with Crippen molar-refractivity contribution in [3.05, 3.63) is 52.2 Å². The highest BCUT2D eigenvalue weighted by Gasteiger charge is 2.20. The number of aromatic nitrogens is 1. The van der Waals surface area contributed by atoms with E-state index >= 15 is 0 Å². The Hall–Kier alpha value is -2.95. The van der Waals surface area contributed by atoms with Crippen LogP contribution in [-0.2, 0) is 12.8 Å². The summed E-state index contributed by atoms with van der Waals surface area (Å²) in [7, 11) is 0. The van der Waals surface area contributed by atoms with Gasteiger partial charge >= 0.3 is 5.97 Å². The molecular weight excluding hydrogens is 330 g/mol. The molecule has 134 valence electrons. The fourth-order valence-corrected chi connectivity index (χ4v) is 3.89. The van der Waals surface area contributed by atoms with Crippen LogP contribution in [0.1, 0.15) is 45.6 Å². The molecule has 0 spiro atoms. The monoisotopic (exact) mass is 351 g/mol. The number of aromatic amines is 1. The van der Waals surface area contributed by atoms with E-state index in [1.165, 1.54) is 0 Å². The molecule has 0 saturated carbocycles. The van der Waals surface area contributed by atoms with Gasteiger partial charge in [-0.15, -0.1) is 0 Å². The molecule has 1 aliphatic rings. The average molecular weight is 351 g/mol. The van der Waals surface area contributed by atoms with Crippen LogP contribution in [0.15, 0.2) is 24.3 Å². The number of carbonyl (C=O) groups is 1. The standard InChI is InChI=1S/C21H21NO4/c1-11-9-16-15(10-17(22-16)21(24)25)12(2)20(11)26-19-8-7-18(23)13-5-3-4-6-14(13)19/h7-10,22-23H,3-6H2,1-2H3,(H,24,25). The first kappa shape index (κ1) is 16.5. The van der Waals surface area contributed by atoms with Crippen LogP contribution in [0.3, 0.4) is 0 Å². The molecule has 3 N–H and O–H groups in total. The summed E-state index contributed by atoms with van der Waals surface area (Å²) < 4.78 is 6.30. The van der Waals surface area contributed by atoms with E-state index in [1.807, 2.05) is 26.0 Å².